The van der Waals surface area contributed by atoms with Crippen molar-refractivity contribution in [3.05, 3.63) is 65.7 Å². The second-order valence-electron chi connectivity index (χ2n) is 6.49. The van der Waals surface area contributed by atoms with Gasteiger partial charge < -0.3 is 14.9 Å². The van der Waals surface area contributed by atoms with E-state index in [-0.39, 0.29) is 0 Å². The second-order valence-corrected chi connectivity index (χ2v) is 6.49. The monoisotopic (exact) mass is 356 g/mol. The Morgan fingerprint density at radius 1 is 1.19 bits per heavy atom. The fraction of sp³-hybridized carbons (Fsp3) is 0.350. The lowest BCUT2D eigenvalue weighted by atomic mass is 9.98. The lowest BCUT2D eigenvalue weighted by Crippen LogP contribution is -2.56. The normalized spacial score (nSPS) is 19.2. The molecule has 0 radical (unpaired) electrons. The zero-order valence-electron chi connectivity index (χ0n) is 14.8. The van der Waals surface area contributed by atoms with E-state index in [1.165, 1.54) is 10.5 Å². The first-order valence-corrected chi connectivity index (χ1v) is 8.66. The van der Waals surface area contributed by atoms with Crippen molar-refractivity contribution in [3.8, 4) is 5.75 Å². The Bertz CT molecular complexity index is 738. The van der Waals surface area contributed by atoms with Crippen LogP contribution in [0.15, 0.2) is 54.6 Å². The number of benzene rings is 2. The smallest absolute Gasteiger partial charge is 0.407 e. The highest BCUT2D eigenvalue weighted by atomic mass is 16.5. The average molecular weight is 356 g/mol. The average Bonchev–Trinajstić information content (AvgIpc) is 2.68. The summed E-state index contributed by atoms with van der Waals surface area (Å²) in [6, 6.07) is 16.7. The highest BCUT2D eigenvalue weighted by Gasteiger charge is 2.35. The van der Waals surface area contributed by atoms with Gasteiger partial charge in [0, 0.05) is 26.2 Å². The summed E-state index contributed by atoms with van der Waals surface area (Å²) < 4.78 is 5.22. The summed E-state index contributed by atoms with van der Waals surface area (Å²) in [5.41, 5.74) is 1.83. The van der Waals surface area contributed by atoms with E-state index in [1.807, 2.05) is 18.2 Å². The van der Waals surface area contributed by atoms with Gasteiger partial charge in [0.15, 0.2) is 0 Å². The molecule has 1 unspecified atom stereocenters. The van der Waals surface area contributed by atoms with Gasteiger partial charge in [-0.15, -0.1) is 0 Å². The summed E-state index contributed by atoms with van der Waals surface area (Å²) in [5.74, 6) is 0.639. The SMILES string of the molecule is COc1cccc(C(O)[C@@H]2CN(Cc3ccccc3)CCN2C(=O)O)c1. The van der Waals surface area contributed by atoms with E-state index in [9.17, 15) is 15.0 Å². The fourth-order valence-electron chi connectivity index (χ4n) is 3.41. The van der Waals surface area contributed by atoms with Crippen molar-refractivity contribution in [1.29, 1.82) is 0 Å². The molecule has 0 saturated carbocycles. The number of carboxylic acid groups (broad SMARTS) is 1. The van der Waals surface area contributed by atoms with Crippen LogP contribution in [0.5, 0.6) is 5.75 Å². The Morgan fingerprint density at radius 2 is 1.96 bits per heavy atom. The standard InChI is InChI=1S/C20H24N2O4/c1-26-17-9-5-8-16(12-17)19(23)18-14-21(10-11-22(18)20(24)25)13-15-6-3-2-4-7-15/h2-9,12,18-19,23H,10-11,13-14H2,1H3,(H,24,25)/t18-,19?/m0/s1. The van der Waals surface area contributed by atoms with Gasteiger partial charge in [-0.2, -0.15) is 0 Å². The predicted octanol–water partition coefficient (Wildman–Crippen LogP) is 2.59. The third-order valence-corrected chi connectivity index (χ3v) is 4.80. The van der Waals surface area contributed by atoms with Crippen molar-refractivity contribution in [2.24, 2.45) is 0 Å². The fourth-order valence-corrected chi connectivity index (χ4v) is 3.41. The first-order valence-electron chi connectivity index (χ1n) is 8.66. The van der Waals surface area contributed by atoms with Crippen molar-refractivity contribution in [3.63, 3.8) is 0 Å². The number of piperazine rings is 1. The minimum atomic E-state index is -1.00. The molecule has 1 saturated heterocycles. The van der Waals surface area contributed by atoms with Crippen molar-refractivity contribution in [1.82, 2.24) is 9.80 Å². The molecule has 1 heterocycles. The molecule has 0 aromatic heterocycles. The van der Waals surface area contributed by atoms with E-state index >= 15 is 0 Å². The van der Waals surface area contributed by atoms with Crippen LogP contribution in [-0.2, 0) is 6.54 Å². The van der Waals surface area contributed by atoms with E-state index in [1.54, 1.807) is 31.4 Å². The zero-order chi connectivity index (χ0) is 18.5. The van der Waals surface area contributed by atoms with Gasteiger partial charge in [-0.05, 0) is 23.3 Å². The van der Waals surface area contributed by atoms with E-state index in [0.29, 0.717) is 30.9 Å². The zero-order valence-corrected chi connectivity index (χ0v) is 14.8. The molecular weight excluding hydrogens is 332 g/mol. The number of carbonyl (C=O) groups is 1. The van der Waals surface area contributed by atoms with Crippen LogP contribution >= 0.6 is 0 Å². The van der Waals surface area contributed by atoms with E-state index in [0.717, 1.165) is 6.54 Å². The molecular formula is C20H24N2O4. The van der Waals surface area contributed by atoms with Gasteiger partial charge in [0.25, 0.3) is 0 Å². The molecule has 0 aliphatic carbocycles. The van der Waals surface area contributed by atoms with Crippen LogP contribution in [0.2, 0.25) is 0 Å². The predicted molar refractivity (Wildman–Crippen MR) is 98.2 cm³/mol. The molecule has 6 nitrogen and oxygen atoms in total. The van der Waals surface area contributed by atoms with Gasteiger partial charge in [-0.3, -0.25) is 9.80 Å². The van der Waals surface area contributed by atoms with Crippen LogP contribution in [0.4, 0.5) is 4.79 Å². The number of ether oxygens (including phenoxy) is 1. The highest BCUT2D eigenvalue weighted by Crippen LogP contribution is 2.27. The maximum atomic E-state index is 11.7. The molecule has 138 valence electrons. The largest absolute Gasteiger partial charge is 0.497 e. The first-order chi connectivity index (χ1) is 12.6. The number of methoxy groups -OCH3 is 1. The van der Waals surface area contributed by atoms with Crippen molar-refractivity contribution < 1.29 is 19.7 Å². The highest BCUT2D eigenvalue weighted by molar-refractivity contribution is 5.65. The van der Waals surface area contributed by atoms with Crippen molar-refractivity contribution in [2.45, 2.75) is 18.7 Å². The molecule has 0 spiro atoms. The van der Waals surface area contributed by atoms with Gasteiger partial charge in [0.1, 0.15) is 11.9 Å². The quantitative estimate of drug-likeness (QED) is 0.861. The van der Waals surface area contributed by atoms with E-state index in [2.05, 4.69) is 17.0 Å². The maximum absolute atomic E-state index is 11.7. The molecule has 26 heavy (non-hydrogen) atoms. The lowest BCUT2D eigenvalue weighted by Gasteiger charge is -2.42. The lowest BCUT2D eigenvalue weighted by molar-refractivity contribution is -0.00246. The number of hydrogen-bond donors (Lipinski definition) is 2. The van der Waals surface area contributed by atoms with Crippen molar-refractivity contribution >= 4 is 6.09 Å². The van der Waals surface area contributed by atoms with Gasteiger partial charge in [0.05, 0.1) is 13.2 Å². The topological polar surface area (TPSA) is 73.2 Å². The van der Waals surface area contributed by atoms with E-state index < -0.39 is 18.2 Å². The summed E-state index contributed by atoms with van der Waals surface area (Å²) in [7, 11) is 1.57. The van der Waals surface area contributed by atoms with Gasteiger partial charge in [-0.25, -0.2) is 4.79 Å². The summed E-state index contributed by atoms with van der Waals surface area (Å²) in [5, 5.41) is 20.4. The molecule has 0 bridgehead atoms. The van der Waals surface area contributed by atoms with Gasteiger partial charge >= 0.3 is 6.09 Å². The number of nitrogens with zero attached hydrogens (tertiary/aromatic N) is 2. The Hall–Kier alpha value is -2.57. The third kappa shape index (κ3) is 4.15. The van der Waals surface area contributed by atoms with Crippen LogP contribution < -0.4 is 4.74 Å². The second kappa shape index (κ2) is 8.21. The Kier molecular flexibility index (Phi) is 5.75. The molecule has 1 aliphatic heterocycles. The molecule has 2 N–H and O–H groups in total. The number of aliphatic hydroxyl groups is 1. The molecule has 2 aromatic carbocycles. The minimum Gasteiger partial charge on any atom is -0.497 e. The number of aliphatic hydroxyl groups excluding tert-OH is 1. The van der Waals surface area contributed by atoms with Crippen LogP contribution in [0.25, 0.3) is 0 Å². The first kappa shape index (κ1) is 18.2. The van der Waals surface area contributed by atoms with Crippen LogP contribution in [-0.4, -0.2) is 58.9 Å². The Morgan fingerprint density at radius 3 is 2.65 bits per heavy atom. The summed E-state index contributed by atoms with van der Waals surface area (Å²) in [6.45, 7) is 2.21. The van der Waals surface area contributed by atoms with Gasteiger partial charge in [-0.1, -0.05) is 42.5 Å². The number of rotatable bonds is 5. The third-order valence-electron chi connectivity index (χ3n) is 4.80. The summed E-state index contributed by atoms with van der Waals surface area (Å²) in [6.07, 6.45) is -1.92. The Balaban J connectivity index is 1.78. The van der Waals surface area contributed by atoms with Crippen molar-refractivity contribution in [2.75, 3.05) is 26.7 Å². The number of hydrogen-bond acceptors (Lipinski definition) is 4. The van der Waals surface area contributed by atoms with Gasteiger partial charge in [0.2, 0.25) is 0 Å². The molecule has 2 aromatic rings. The Labute approximate surface area is 153 Å². The summed E-state index contributed by atoms with van der Waals surface area (Å²) >= 11 is 0. The molecule has 6 heteroatoms. The summed E-state index contributed by atoms with van der Waals surface area (Å²) in [4.78, 5) is 15.2. The molecule has 1 aliphatic rings. The molecule has 2 atom stereocenters. The van der Waals surface area contributed by atoms with Crippen LogP contribution in [0, 0.1) is 0 Å². The molecule has 3 rings (SSSR count). The minimum absolute atomic E-state index is 0.369. The van der Waals surface area contributed by atoms with E-state index in [4.69, 9.17) is 4.74 Å². The van der Waals surface area contributed by atoms with Crippen LogP contribution in [0.3, 0.4) is 0 Å². The maximum Gasteiger partial charge on any atom is 0.407 e. The molecule has 1 amide bonds. The number of amides is 1. The molecule has 1 fully saturated rings. The van der Waals surface area contributed by atoms with Crippen LogP contribution in [0.1, 0.15) is 17.2 Å².